The highest BCUT2D eigenvalue weighted by atomic mass is 16.6. The van der Waals surface area contributed by atoms with Gasteiger partial charge in [-0.25, -0.2) is 4.79 Å². The van der Waals surface area contributed by atoms with Crippen LogP contribution in [0.3, 0.4) is 0 Å². The van der Waals surface area contributed by atoms with Crippen molar-refractivity contribution >= 4 is 11.9 Å². The van der Waals surface area contributed by atoms with E-state index in [9.17, 15) is 9.59 Å². The molecule has 2 atom stereocenters. The summed E-state index contributed by atoms with van der Waals surface area (Å²) < 4.78 is 10.9. The Morgan fingerprint density at radius 3 is 2.25 bits per heavy atom. The molecule has 0 aliphatic heterocycles. The minimum Gasteiger partial charge on any atom is -0.458 e. The Labute approximate surface area is 119 Å². The van der Waals surface area contributed by atoms with Crippen LogP contribution in [0.2, 0.25) is 0 Å². The molecule has 1 fully saturated rings. The SMILES string of the molecule is CC(C)C(=O)O[C@H]1CCC[C@H]1OC(=O)c1ccccc1. The van der Waals surface area contributed by atoms with Gasteiger partial charge in [-0.15, -0.1) is 0 Å². The van der Waals surface area contributed by atoms with Crippen molar-refractivity contribution in [1.29, 1.82) is 0 Å². The molecule has 0 spiro atoms. The van der Waals surface area contributed by atoms with E-state index < -0.39 is 0 Å². The molecule has 1 aromatic carbocycles. The molecular formula is C16H20O4. The van der Waals surface area contributed by atoms with Crippen molar-refractivity contribution in [3.05, 3.63) is 35.9 Å². The zero-order valence-electron chi connectivity index (χ0n) is 11.9. The zero-order chi connectivity index (χ0) is 14.5. The normalized spacial score (nSPS) is 21.8. The Bertz CT molecular complexity index is 467. The van der Waals surface area contributed by atoms with Gasteiger partial charge in [-0.3, -0.25) is 4.79 Å². The van der Waals surface area contributed by atoms with Crippen LogP contribution in [-0.2, 0) is 14.3 Å². The average Bonchev–Trinajstić information content (AvgIpc) is 2.86. The molecule has 4 nitrogen and oxygen atoms in total. The first-order valence-electron chi connectivity index (χ1n) is 7.04. The summed E-state index contributed by atoms with van der Waals surface area (Å²) in [4.78, 5) is 23.6. The fraction of sp³-hybridized carbons (Fsp3) is 0.500. The van der Waals surface area contributed by atoms with E-state index in [1.807, 2.05) is 6.07 Å². The fourth-order valence-electron chi connectivity index (χ4n) is 2.23. The van der Waals surface area contributed by atoms with Crippen molar-refractivity contribution in [1.82, 2.24) is 0 Å². The van der Waals surface area contributed by atoms with Crippen LogP contribution < -0.4 is 0 Å². The van der Waals surface area contributed by atoms with E-state index in [1.165, 1.54) is 0 Å². The summed E-state index contributed by atoms with van der Waals surface area (Å²) in [6, 6.07) is 8.86. The molecular weight excluding hydrogens is 256 g/mol. The van der Waals surface area contributed by atoms with Crippen molar-refractivity contribution in [2.45, 2.75) is 45.3 Å². The third-order valence-electron chi connectivity index (χ3n) is 3.40. The molecule has 20 heavy (non-hydrogen) atoms. The summed E-state index contributed by atoms with van der Waals surface area (Å²) in [5.74, 6) is -0.762. The van der Waals surface area contributed by atoms with Crippen LogP contribution in [0.25, 0.3) is 0 Å². The largest absolute Gasteiger partial charge is 0.458 e. The van der Waals surface area contributed by atoms with Crippen molar-refractivity contribution in [3.8, 4) is 0 Å². The minimum absolute atomic E-state index is 0.166. The standard InChI is InChI=1S/C16H20O4/c1-11(2)15(17)19-13-9-6-10-14(13)20-16(18)12-7-4-3-5-8-12/h3-5,7-8,11,13-14H,6,9-10H2,1-2H3/t13-,14+/m0/s1. The van der Waals surface area contributed by atoms with Gasteiger partial charge >= 0.3 is 11.9 Å². The number of rotatable bonds is 4. The highest BCUT2D eigenvalue weighted by molar-refractivity contribution is 5.89. The smallest absolute Gasteiger partial charge is 0.338 e. The fourth-order valence-corrected chi connectivity index (χ4v) is 2.23. The molecule has 1 aliphatic rings. The van der Waals surface area contributed by atoms with Gasteiger partial charge in [0, 0.05) is 0 Å². The van der Waals surface area contributed by atoms with Gasteiger partial charge in [0.1, 0.15) is 12.2 Å². The van der Waals surface area contributed by atoms with E-state index in [0.717, 1.165) is 19.3 Å². The van der Waals surface area contributed by atoms with E-state index in [2.05, 4.69) is 0 Å². The Kier molecular flexibility index (Phi) is 4.77. The maximum absolute atomic E-state index is 12.0. The molecule has 1 aromatic rings. The predicted octanol–water partition coefficient (Wildman–Crippen LogP) is 2.96. The number of benzene rings is 1. The summed E-state index contributed by atoms with van der Waals surface area (Å²) >= 11 is 0. The highest BCUT2D eigenvalue weighted by Crippen LogP contribution is 2.26. The molecule has 0 radical (unpaired) electrons. The monoisotopic (exact) mass is 276 g/mol. The molecule has 0 amide bonds. The Morgan fingerprint density at radius 1 is 1.05 bits per heavy atom. The molecule has 108 valence electrons. The molecule has 1 aliphatic carbocycles. The summed E-state index contributed by atoms with van der Waals surface area (Å²) in [5.41, 5.74) is 0.522. The van der Waals surface area contributed by atoms with Crippen LogP contribution in [0.5, 0.6) is 0 Å². The van der Waals surface area contributed by atoms with Crippen LogP contribution in [0.1, 0.15) is 43.5 Å². The van der Waals surface area contributed by atoms with Crippen molar-refractivity contribution in [2.75, 3.05) is 0 Å². The average molecular weight is 276 g/mol. The number of hydrogen-bond donors (Lipinski definition) is 0. The topological polar surface area (TPSA) is 52.6 Å². The van der Waals surface area contributed by atoms with Crippen molar-refractivity contribution < 1.29 is 19.1 Å². The number of ether oxygens (including phenoxy) is 2. The molecule has 0 bridgehead atoms. The predicted molar refractivity (Wildman–Crippen MR) is 74.2 cm³/mol. The number of carbonyl (C=O) groups excluding carboxylic acids is 2. The van der Waals surface area contributed by atoms with E-state index >= 15 is 0 Å². The third kappa shape index (κ3) is 3.59. The van der Waals surface area contributed by atoms with Crippen molar-refractivity contribution in [2.24, 2.45) is 5.92 Å². The van der Waals surface area contributed by atoms with E-state index in [4.69, 9.17) is 9.47 Å². The van der Waals surface area contributed by atoms with E-state index in [0.29, 0.717) is 5.56 Å². The lowest BCUT2D eigenvalue weighted by Crippen LogP contribution is -2.32. The lowest BCUT2D eigenvalue weighted by Gasteiger charge is -2.21. The van der Waals surface area contributed by atoms with Crippen molar-refractivity contribution in [3.63, 3.8) is 0 Å². The molecule has 2 rings (SSSR count). The molecule has 0 aromatic heterocycles. The summed E-state index contributed by atoms with van der Waals surface area (Å²) in [6.07, 6.45) is 1.77. The Morgan fingerprint density at radius 2 is 1.65 bits per heavy atom. The van der Waals surface area contributed by atoms with Crippen LogP contribution in [-0.4, -0.2) is 24.1 Å². The maximum Gasteiger partial charge on any atom is 0.338 e. The molecule has 0 saturated heterocycles. The van der Waals surface area contributed by atoms with Gasteiger partial charge in [-0.1, -0.05) is 32.0 Å². The molecule has 1 saturated carbocycles. The maximum atomic E-state index is 12.0. The first-order valence-corrected chi connectivity index (χ1v) is 7.04. The lowest BCUT2D eigenvalue weighted by molar-refractivity contribution is -0.157. The molecule has 0 heterocycles. The second kappa shape index (κ2) is 6.55. The van der Waals surface area contributed by atoms with Crippen LogP contribution >= 0.6 is 0 Å². The third-order valence-corrected chi connectivity index (χ3v) is 3.40. The number of carbonyl (C=O) groups is 2. The molecule has 0 N–H and O–H groups in total. The highest BCUT2D eigenvalue weighted by Gasteiger charge is 2.34. The van der Waals surface area contributed by atoms with Gasteiger partial charge in [-0.05, 0) is 31.4 Å². The Hall–Kier alpha value is -1.84. The van der Waals surface area contributed by atoms with Crippen LogP contribution in [0.4, 0.5) is 0 Å². The second-order valence-corrected chi connectivity index (χ2v) is 5.37. The lowest BCUT2D eigenvalue weighted by atomic mass is 10.2. The molecule has 0 unspecified atom stereocenters. The second-order valence-electron chi connectivity index (χ2n) is 5.37. The first-order chi connectivity index (χ1) is 9.58. The van der Waals surface area contributed by atoms with Gasteiger partial charge in [0.15, 0.2) is 0 Å². The number of hydrogen-bond acceptors (Lipinski definition) is 4. The molecule has 4 heteroatoms. The van der Waals surface area contributed by atoms with E-state index in [-0.39, 0.29) is 30.1 Å². The van der Waals surface area contributed by atoms with Crippen LogP contribution in [0, 0.1) is 5.92 Å². The van der Waals surface area contributed by atoms with Gasteiger partial charge in [0.05, 0.1) is 11.5 Å². The van der Waals surface area contributed by atoms with Crippen LogP contribution in [0.15, 0.2) is 30.3 Å². The zero-order valence-corrected chi connectivity index (χ0v) is 11.9. The van der Waals surface area contributed by atoms with Gasteiger partial charge in [0.2, 0.25) is 0 Å². The minimum atomic E-state index is -0.358. The van der Waals surface area contributed by atoms with Gasteiger partial charge in [-0.2, -0.15) is 0 Å². The first kappa shape index (κ1) is 14.6. The summed E-state index contributed by atoms with van der Waals surface area (Å²) in [6.45, 7) is 3.59. The summed E-state index contributed by atoms with van der Waals surface area (Å²) in [7, 11) is 0. The number of esters is 2. The summed E-state index contributed by atoms with van der Waals surface area (Å²) in [5, 5.41) is 0. The Balaban J connectivity index is 1.94. The van der Waals surface area contributed by atoms with E-state index in [1.54, 1.807) is 38.1 Å². The van der Waals surface area contributed by atoms with Gasteiger partial charge in [0.25, 0.3) is 0 Å². The van der Waals surface area contributed by atoms with Gasteiger partial charge < -0.3 is 9.47 Å². The quantitative estimate of drug-likeness (QED) is 0.793.